The number of hydrogen-bond donors (Lipinski definition) is 1. The molecule has 0 aliphatic carbocycles. The van der Waals surface area contributed by atoms with Crippen LogP contribution in [0, 0.1) is 11.6 Å². The molecule has 0 saturated carbocycles. The van der Waals surface area contributed by atoms with E-state index in [4.69, 9.17) is 5.11 Å². The van der Waals surface area contributed by atoms with Gasteiger partial charge < -0.3 is 10.0 Å². The van der Waals surface area contributed by atoms with E-state index in [9.17, 15) is 18.4 Å². The smallest absolute Gasteiger partial charge is 0.325 e. The highest BCUT2D eigenvalue weighted by molar-refractivity contribution is 5.93. The van der Waals surface area contributed by atoms with Crippen LogP contribution in [-0.2, 0) is 17.9 Å². The molecule has 2 aromatic rings. The highest BCUT2D eigenvalue weighted by atomic mass is 19.2. The third kappa shape index (κ3) is 3.88. The van der Waals surface area contributed by atoms with Gasteiger partial charge in [-0.2, -0.15) is 5.10 Å². The summed E-state index contributed by atoms with van der Waals surface area (Å²) < 4.78 is 28.2. The molecule has 1 amide bonds. The molecule has 0 spiro atoms. The second-order valence-electron chi connectivity index (χ2n) is 6.05. The zero-order valence-corrected chi connectivity index (χ0v) is 13.9. The van der Waals surface area contributed by atoms with Gasteiger partial charge in [0.2, 0.25) is 0 Å². The number of rotatable bonds is 5. The SMILES string of the molecule is O=C(O)Cn1nccc1C(=O)N1CCN(Cc2cccc(F)c2F)CC1. The molecular weight excluding hydrogens is 346 g/mol. The van der Waals surface area contributed by atoms with E-state index >= 15 is 0 Å². The van der Waals surface area contributed by atoms with Crippen molar-refractivity contribution in [2.45, 2.75) is 13.1 Å². The highest BCUT2D eigenvalue weighted by Crippen LogP contribution is 2.16. The van der Waals surface area contributed by atoms with Gasteiger partial charge in [0.05, 0.1) is 0 Å². The van der Waals surface area contributed by atoms with Crippen molar-refractivity contribution in [1.82, 2.24) is 19.6 Å². The van der Waals surface area contributed by atoms with Gasteiger partial charge in [-0.1, -0.05) is 12.1 Å². The molecule has 0 unspecified atom stereocenters. The van der Waals surface area contributed by atoms with Crippen molar-refractivity contribution in [3.63, 3.8) is 0 Å². The summed E-state index contributed by atoms with van der Waals surface area (Å²) in [6.45, 7) is 1.72. The Morgan fingerprint density at radius 3 is 2.54 bits per heavy atom. The number of benzene rings is 1. The minimum Gasteiger partial charge on any atom is -0.480 e. The molecule has 0 radical (unpaired) electrons. The quantitative estimate of drug-likeness (QED) is 0.863. The van der Waals surface area contributed by atoms with Gasteiger partial charge in [-0.15, -0.1) is 0 Å². The number of nitrogens with zero attached hydrogens (tertiary/aromatic N) is 4. The summed E-state index contributed by atoms with van der Waals surface area (Å²) in [6, 6.07) is 5.58. The summed E-state index contributed by atoms with van der Waals surface area (Å²) in [6.07, 6.45) is 1.39. The van der Waals surface area contributed by atoms with Crippen molar-refractivity contribution in [3.05, 3.63) is 53.4 Å². The van der Waals surface area contributed by atoms with Crippen molar-refractivity contribution in [1.29, 1.82) is 0 Å². The summed E-state index contributed by atoms with van der Waals surface area (Å²) in [7, 11) is 0. The molecule has 7 nitrogen and oxygen atoms in total. The van der Waals surface area contributed by atoms with Gasteiger partial charge in [0.25, 0.3) is 5.91 Å². The van der Waals surface area contributed by atoms with E-state index in [-0.39, 0.29) is 30.3 Å². The van der Waals surface area contributed by atoms with E-state index in [1.165, 1.54) is 18.3 Å². The summed E-state index contributed by atoms with van der Waals surface area (Å²) >= 11 is 0. The van der Waals surface area contributed by atoms with Crippen LogP contribution in [0.4, 0.5) is 8.78 Å². The second kappa shape index (κ2) is 7.61. The van der Waals surface area contributed by atoms with Gasteiger partial charge in [-0.25, -0.2) is 13.5 Å². The predicted molar refractivity (Wildman–Crippen MR) is 87.4 cm³/mol. The van der Waals surface area contributed by atoms with Gasteiger partial charge >= 0.3 is 5.97 Å². The molecule has 0 bridgehead atoms. The summed E-state index contributed by atoms with van der Waals surface area (Å²) in [5.41, 5.74) is 0.501. The zero-order chi connectivity index (χ0) is 18.7. The fraction of sp³-hybridized carbons (Fsp3) is 0.353. The number of carbonyl (C=O) groups is 2. The lowest BCUT2D eigenvalue weighted by atomic mass is 10.1. The lowest BCUT2D eigenvalue weighted by Gasteiger charge is -2.34. The van der Waals surface area contributed by atoms with Gasteiger partial charge in [0.1, 0.15) is 12.2 Å². The van der Waals surface area contributed by atoms with Crippen molar-refractivity contribution < 1.29 is 23.5 Å². The first-order valence-corrected chi connectivity index (χ1v) is 8.14. The molecule has 1 aliphatic rings. The number of aliphatic carboxylic acids is 1. The van der Waals surface area contributed by atoms with E-state index in [0.29, 0.717) is 26.2 Å². The van der Waals surface area contributed by atoms with Crippen LogP contribution in [0.2, 0.25) is 0 Å². The molecular formula is C17H18F2N4O3. The van der Waals surface area contributed by atoms with Gasteiger partial charge in [0.15, 0.2) is 11.6 Å². The molecule has 1 aromatic heterocycles. The zero-order valence-electron chi connectivity index (χ0n) is 13.9. The van der Waals surface area contributed by atoms with E-state index in [2.05, 4.69) is 5.10 Å². The average Bonchev–Trinajstić information content (AvgIpc) is 3.06. The third-order valence-corrected chi connectivity index (χ3v) is 4.31. The third-order valence-electron chi connectivity index (χ3n) is 4.31. The second-order valence-corrected chi connectivity index (χ2v) is 6.05. The summed E-state index contributed by atoms with van der Waals surface area (Å²) in [5, 5.41) is 12.7. The Hall–Kier alpha value is -2.81. The molecule has 9 heteroatoms. The first-order chi connectivity index (χ1) is 12.5. The van der Waals surface area contributed by atoms with Crippen LogP contribution in [0.5, 0.6) is 0 Å². The largest absolute Gasteiger partial charge is 0.480 e. The number of piperazine rings is 1. The minimum atomic E-state index is -1.08. The Morgan fingerprint density at radius 2 is 1.85 bits per heavy atom. The number of hydrogen-bond acceptors (Lipinski definition) is 4. The molecule has 138 valence electrons. The predicted octanol–water partition coefficient (Wildman–Crippen LogP) is 1.20. The molecule has 1 saturated heterocycles. The minimum absolute atomic E-state index is 0.219. The van der Waals surface area contributed by atoms with Crippen LogP contribution < -0.4 is 0 Å². The molecule has 1 fully saturated rings. The number of carboxylic acid groups (broad SMARTS) is 1. The van der Waals surface area contributed by atoms with Crippen LogP contribution in [0.15, 0.2) is 30.5 Å². The molecule has 1 N–H and O–H groups in total. The Bertz CT molecular complexity index is 816. The average molecular weight is 364 g/mol. The number of carboxylic acids is 1. The monoisotopic (exact) mass is 364 g/mol. The topological polar surface area (TPSA) is 78.7 Å². The normalized spacial score (nSPS) is 15.2. The van der Waals surface area contributed by atoms with Gasteiger partial charge in [0, 0.05) is 44.5 Å². The molecule has 3 rings (SSSR count). The van der Waals surface area contributed by atoms with Crippen molar-refractivity contribution in [3.8, 4) is 0 Å². The fourth-order valence-electron chi connectivity index (χ4n) is 2.95. The van der Waals surface area contributed by atoms with E-state index in [0.717, 1.165) is 10.7 Å². The number of carbonyl (C=O) groups excluding carboxylic acids is 1. The van der Waals surface area contributed by atoms with Crippen LogP contribution >= 0.6 is 0 Å². The number of aromatic nitrogens is 2. The van der Waals surface area contributed by atoms with Crippen LogP contribution in [0.3, 0.4) is 0 Å². The Morgan fingerprint density at radius 1 is 1.12 bits per heavy atom. The van der Waals surface area contributed by atoms with Crippen molar-refractivity contribution in [2.24, 2.45) is 0 Å². The molecule has 0 atom stereocenters. The Labute approximate surface area is 148 Å². The van der Waals surface area contributed by atoms with Gasteiger partial charge in [-0.3, -0.25) is 14.5 Å². The van der Waals surface area contributed by atoms with E-state index in [1.54, 1.807) is 11.0 Å². The first kappa shape index (κ1) is 18.0. The fourth-order valence-corrected chi connectivity index (χ4v) is 2.95. The van der Waals surface area contributed by atoms with Crippen LogP contribution in [0.1, 0.15) is 16.1 Å². The highest BCUT2D eigenvalue weighted by Gasteiger charge is 2.25. The Balaban J connectivity index is 1.60. The maximum absolute atomic E-state index is 13.8. The molecule has 1 aliphatic heterocycles. The molecule has 1 aromatic carbocycles. The van der Waals surface area contributed by atoms with Gasteiger partial charge in [-0.05, 0) is 12.1 Å². The standard InChI is InChI=1S/C17H18F2N4O3/c18-13-3-1-2-12(16(13)19)10-21-6-8-22(9-7-21)17(26)14-4-5-20-23(14)11-15(24)25/h1-5H,6-11H2,(H,24,25). The van der Waals surface area contributed by atoms with E-state index < -0.39 is 17.6 Å². The molecule has 2 heterocycles. The summed E-state index contributed by atoms with van der Waals surface area (Å²) in [5.74, 6) is -3.09. The Kier molecular flexibility index (Phi) is 5.27. The van der Waals surface area contributed by atoms with Crippen molar-refractivity contribution in [2.75, 3.05) is 26.2 Å². The van der Waals surface area contributed by atoms with Crippen molar-refractivity contribution >= 4 is 11.9 Å². The lowest BCUT2D eigenvalue weighted by Crippen LogP contribution is -2.48. The van der Waals surface area contributed by atoms with E-state index in [1.807, 2.05) is 4.90 Å². The number of halogens is 2. The molecule has 26 heavy (non-hydrogen) atoms. The number of amides is 1. The maximum atomic E-state index is 13.8. The van der Waals surface area contributed by atoms with Crippen LogP contribution in [0.25, 0.3) is 0 Å². The lowest BCUT2D eigenvalue weighted by molar-refractivity contribution is -0.137. The maximum Gasteiger partial charge on any atom is 0.325 e. The van der Waals surface area contributed by atoms with Crippen LogP contribution in [-0.4, -0.2) is 62.7 Å². The summed E-state index contributed by atoms with van der Waals surface area (Å²) in [4.78, 5) is 27.0. The first-order valence-electron chi connectivity index (χ1n) is 8.14.